The molecular weight excluding hydrogens is 432 g/mol. The quantitative estimate of drug-likeness (QED) is 0.708. The number of benzene rings is 1. The van der Waals surface area contributed by atoms with Crippen molar-refractivity contribution in [1.29, 1.82) is 0 Å². The summed E-state index contributed by atoms with van der Waals surface area (Å²) in [5, 5.41) is 4.58. The van der Waals surface area contributed by atoms with Crippen LogP contribution in [0.15, 0.2) is 29.6 Å². The first kappa shape index (κ1) is 22.0. The Hall–Kier alpha value is -2.19. The number of amides is 2. The van der Waals surface area contributed by atoms with Crippen molar-refractivity contribution in [2.24, 2.45) is 0 Å². The average molecular weight is 461 g/mol. The highest BCUT2D eigenvalue weighted by atomic mass is 32.2. The summed E-state index contributed by atoms with van der Waals surface area (Å²) in [6.07, 6.45) is 4.10. The van der Waals surface area contributed by atoms with E-state index in [4.69, 9.17) is 0 Å². The molecule has 1 aliphatic carbocycles. The molecule has 0 spiro atoms. The molecule has 8 heteroatoms. The summed E-state index contributed by atoms with van der Waals surface area (Å²) >= 11 is 1.73. The number of rotatable bonds is 6. The van der Waals surface area contributed by atoms with Gasteiger partial charge in [0.15, 0.2) is 9.84 Å². The van der Waals surface area contributed by atoms with Crippen molar-refractivity contribution in [2.75, 3.05) is 17.6 Å². The number of hydrogen-bond acceptors (Lipinski definition) is 5. The molecule has 1 aromatic carbocycles. The Morgan fingerprint density at radius 1 is 1.19 bits per heavy atom. The maximum Gasteiger partial charge on any atom is 0.254 e. The van der Waals surface area contributed by atoms with Crippen LogP contribution < -0.4 is 5.32 Å². The van der Waals surface area contributed by atoms with E-state index in [0.717, 1.165) is 19.3 Å². The van der Waals surface area contributed by atoms with Crippen molar-refractivity contribution in [2.45, 2.75) is 57.2 Å². The van der Waals surface area contributed by atoms with Gasteiger partial charge in [0, 0.05) is 35.6 Å². The summed E-state index contributed by atoms with van der Waals surface area (Å²) in [4.78, 5) is 28.8. The van der Waals surface area contributed by atoms with E-state index in [9.17, 15) is 18.0 Å². The number of nitrogens with one attached hydrogen (secondary N) is 1. The summed E-state index contributed by atoms with van der Waals surface area (Å²) in [6, 6.07) is 7.36. The highest BCUT2D eigenvalue weighted by Gasteiger charge is 2.29. The first-order valence-corrected chi connectivity index (χ1v) is 13.4. The van der Waals surface area contributed by atoms with Crippen LogP contribution in [-0.4, -0.2) is 42.7 Å². The highest BCUT2D eigenvalue weighted by molar-refractivity contribution is 7.92. The third-order valence-corrected chi connectivity index (χ3v) is 9.64. The Kier molecular flexibility index (Phi) is 6.48. The van der Waals surface area contributed by atoms with Gasteiger partial charge < -0.3 is 10.2 Å². The van der Waals surface area contributed by atoms with E-state index < -0.39 is 9.84 Å². The molecule has 1 fully saturated rings. The predicted octanol–water partition coefficient (Wildman–Crippen LogP) is 3.94. The molecular formula is C23H28N2O4S2. The van der Waals surface area contributed by atoms with Gasteiger partial charge in [-0.3, -0.25) is 9.59 Å². The van der Waals surface area contributed by atoms with E-state index >= 15 is 0 Å². The normalized spacial score (nSPS) is 16.9. The second kappa shape index (κ2) is 9.12. The number of hydrogen-bond donors (Lipinski definition) is 1. The lowest BCUT2D eigenvalue weighted by Crippen LogP contribution is -2.35. The summed E-state index contributed by atoms with van der Waals surface area (Å²) in [5.41, 5.74) is 3.03. The van der Waals surface area contributed by atoms with Crippen LogP contribution in [0.2, 0.25) is 0 Å². The number of sulfone groups is 1. The van der Waals surface area contributed by atoms with E-state index in [-0.39, 0.29) is 29.2 Å². The monoisotopic (exact) mass is 460 g/mol. The average Bonchev–Trinajstić information content (AvgIpc) is 3.45. The first-order valence-electron chi connectivity index (χ1n) is 10.8. The highest BCUT2D eigenvalue weighted by Crippen LogP contribution is 2.28. The van der Waals surface area contributed by atoms with Gasteiger partial charge in [0.05, 0.1) is 11.0 Å². The topological polar surface area (TPSA) is 83.5 Å². The lowest BCUT2D eigenvalue weighted by atomic mass is 10.0. The molecule has 1 aliphatic heterocycles. The van der Waals surface area contributed by atoms with Crippen molar-refractivity contribution in [3.05, 3.63) is 51.2 Å². The molecule has 0 unspecified atom stereocenters. The SMILES string of the molecule is Cc1c(NC(=O)CCS(=O)(=O)C2CCCC2)cccc1C(=O)N1CCc2sccc2C1. The van der Waals surface area contributed by atoms with Crippen LogP contribution in [0, 0.1) is 6.92 Å². The van der Waals surface area contributed by atoms with Crippen molar-refractivity contribution in [3.8, 4) is 0 Å². The van der Waals surface area contributed by atoms with Crippen molar-refractivity contribution >= 4 is 38.7 Å². The fraction of sp³-hybridized carbons (Fsp3) is 0.478. The summed E-state index contributed by atoms with van der Waals surface area (Å²) in [7, 11) is -3.23. The van der Waals surface area contributed by atoms with Gasteiger partial charge in [-0.15, -0.1) is 11.3 Å². The summed E-state index contributed by atoms with van der Waals surface area (Å²) in [5.74, 6) is -0.512. The maximum absolute atomic E-state index is 13.1. The molecule has 0 saturated heterocycles. The molecule has 2 heterocycles. The molecule has 1 saturated carbocycles. The van der Waals surface area contributed by atoms with Crippen molar-refractivity contribution in [1.82, 2.24) is 4.90 Å². The molecule has 31 heavy (non-hydrogen) atoms. The van der Waals surface area contributed by atoms with Crippen molar-refractivity contribution < 1.29 is 18.0 Å². The first-order chi connectivity index (χ1) is 14.8. The number of carbonyl (C=O) groups is 2. The third kappa shape index (κ3) is 4.85. The second-order valence-corrected chi connectivity index (χ2v) is 11.8. The van der Waals surface area contributed by atoms with Gasteiger partial charge in [-0.25, -0.2) is 8.42 Å². The van der Waals surface area contributed by atoms with Gasteiger partial charge in [-0.1, -0.05) is 18.9 Å². The Morgan fingerprint density at radius 3 is 2.74 bits per heavy atom. The van der Waals surface area contributed by atoms with Crippen LogP contribution in [0.3, 0.4) is 0 Å². The zero-order valence-corrected chi connectivity index (χ0v) is 19.4. The Labute approximate surface area is 187 Å². The molecule has 0 bridgehead atoms. The van der Waals surface area contributed by atoms with Gasteiger partial charge in [-0.05, 0) is 60.9 Å². The standard InChI is InChI=1S/C23H28N2O4S2/c1-16-19(23(27)25-12-9-21-17(15-25)10-13-30-21)7-4-8-20(16)24-22(26)11-14-31(28,29)18-5-2-3-6-18/h4,7-8,10,13,18H,2-3,5-6,9,11-12,14-15H2,1H3,(H,24,26). The molecule has 4 rings (SSSR count). The lowest BCUT2D eigenvalue weighted by molar-refractivity contribution is -0.115. The van der Waals surface area contributed by atoms with Gasteiger partial charge in [0.25, 0.3) is 5.91 Å². The van der Waals surface area contributed by atoms with Gasteiger partial charge in [0.1, 0.15) is 0 Å². The molecule has 6 nitrogen and oxygen atoms in total. The Balaban J connectivity index is 1.40. The summed E-state index contributed by atoms with van der Waals surface area (Å²) < 4.78 is 24.8. The van der Waals surface area contributed by atoms with E-state index in [1.807, 2.05) is 11.8 Å². The molecule has 2 aliphatic rings. The molecule has 0 radical (unpaired) electrons. The minimum atomic E-state index is -3.23. The molecule has 166 valence electrons. The van der Waals surface area contributed by atoms with E-state index in [2.05, 4.69) is 16.8 Å². The van der Waals surface area contributed by atoms with Gasteiger partial charge in [0.2, 0.25) is 5.91 Å². The van der Waals surface area contributed by atoms with Crippen molar-refractivity contribution in [3.63, 3.8) is 0 Å². The number of nitrogens with zero attached hydrogens (tertiary/aromatic N) is 1. The number of thiophene rings is 1. The van der Waals surface area contributed by atoms with Crippen LogP contribution in [0.5, 0.6) is 0 Å². The van der Waals surface area contributed by atoms with E-state index in [1.54, 1.807) is 29.5 Å². The van der Waals surface area contributed by atoms with E-state index in [0.29, 0.717) is 42.7 Å². The molecule has 0 atom stereocenters. The van der Waals surface area contributed by atoms with Gasteiger partial charge >= 0.3 is 0 Å². The van der Waals surface area contributed by atoms with Crippen LogP contribution in [0.4, 0.5) is 5.69 Å². The number of carbonyl (C=O) groups excluding carboxylic acids is 2. The molecule has 1 aromatic heterocycles. The number of fused-ring (bicyclic) bond motifs is 1. The fourth-order valence-electron chi connectivity index (χ4n) is 4.46. The smallest absolute Gasteiger partial charge is 0.254 e. The zero-order chi connectivity index (χ0) is 22.0. The zero-order valence-electron chi connectivity index (χ0n) is 17.7. The Morgan fingerprint density at radius 2 is 1.97 bits per heavy atom. The van der Waals surface area contributed by atoms with E-state index in [1.165, 1.54) is 10.4 Å². The van der Waals surface area contributed by atoms with Crippen LogP contribution >= 0.6 is 11.3 Å². The molecule has 2 amide bonds. The Bertz CT molecular complexity index is 1080. The summed E-state index contributed by atoms with van der Waals surface area (Å²) in [6.45, 7) is 3.10. The minimum absolute atomic E-state index is 0.0470. The largest absolute Gasteiger partial charge is 0.334 e. The van der Waals surface area contributed by atoms with Crippen LogP contribution in [-0.2, 0) is 27.6 Å². The van der Waals surface area contributed by atoms with Gasteiger partial charge in [-0.2, -0.15) is 0 Å². The second-order valence-electron chi connectivity index (χ2n) is 8.40. The van der Waals surface area contributed by atoms with Crippen LogP contribution in [0.25, 0.3) is 0 Å². The fourth-order valence-corrected chi connectivity index (χ4v) is 7.20. The molecule has 2 aromatic rings. The predicted molar refractivity (Wildman–Crippen MR) is 123 cm³/mol. The maximum atomic E-state index is 13.1. The minimum Gasteiger partial charge on any atom is -0.334 e. The number of anilines is 1. The molecule has 1 N–H and O–H groups in total. The third-order valence-electron chi connectivity index (χ3n) is 6.36. The lowest BCUT2D eigenvalue weighted by Gasteiger charge is -2.28. The van der Waals surface area contributed by atoms with Crippen LogP contribution in [0.1, 0.15) is 58.5 Å².